The van der Waals surface area contributed by atoms with Crippen molar-refractivity contribution in [3.05, 3.63) is 110 Å². The lowest BCUT2D eigenvalue weighted by Crippen LogP contribution is -2.42. The molecule has 4 bridgehead atoms. The average Bonchev–Trinajstić information content (AvgIpc) is 3.19. The molecule has 2 amide bonds. The Morgan fingerprint density at radius 3 is 2.13 bits per heavy atom. The van der Waals surface area contributed by atoms with Crippen molar-refractivity contribution < 1.29 is 59.1 Å². The molecule has 0 radical (unpaired) electrons. The van der Waals surface area contributed by atoms with E-state index < -0.39 is 110 Å². The normalized spacial score (nSPS) is 27.2. The molecule has 1 aromatic rings. The molecule has 60 heavy (non-hydrogen) atoms. The van der Waals surface area contributed by atoms with Gasteiger partial charge in [0.2, 0.25) is 17.5 Å². The Balaban J connectivity index is 2.22. The summed E-state index contributed by atoms with van der Waals surface area (Å²) in [5.41, 5.74) is -1.25. The molecule has 4 rings (SSSR count). The maximum Gasteiger partial charge on any atom is 0.327 e. The molecule has 1 aromatic carbocycles. The second-order valence-electron chi connectivity index (χ2n) is 15.2. The molecule has 0 spiro atoms. The molecule has 0 fully saturated rings. The molecule has 322 valence electrons. The van der Waals surface area contributed by atoms with Crippen LogP contribution in [-0.4, -0.2) is 96.6 Å². The summed E-state index contributed by atoms with van der Waals surface area (Å²) >= 11 is 0.561. The minimum atomic E-state index is -1.52. The number of allylic oxidation sites excluding steroid dienone is 8. The van der Waals surface area contributed by atoms with Crippen molar-refractivity contribution in [3.8, 4) is 5.75 Å². The van der Waals surface area contributed by atoms with Gasteiger partial charge in [0.25, 0.3) is 5.91 Å². The molecular weight excluding hydrogens is 793 g/mol. The number of hydrogen-bond acceptors (Lipinski definition) is 12. The van der Waals surface area contributed by atoms with E-state index in [-0.39, 0.29) is 40.9 Å². The van der Waals surface area contributed by atoms with Gasteiger partial charge in [0.05, 0.1) is 28.8 Å². The summed E-state index contributed by atoms with van der Waals surface area (Å²) in [4.78, 5) is 92.7. The topological polar surface area (TPSA) is 245 Å². The number of benzene rings is 1. The lowest BCUT2D eigenvalue weighted by molar-refractivity contribution is -0.140. The number of hydrogen-bond donors (Lipinski definition) is 7. The highest BCUT2D eigenvalue weighted by Gasteiger charge is 2.39. The number of phenols is 1. The first-order valence-corrected chi connectivity index (χ1v) is 20.4. The Bertz CT molecular complexity index is 2140. The Hall–Kier alpha value is -5.48. The Labute approximate surface area is 353 Å². The van der Waals surface area contributed by atoms with Gasteiger partial charge < -0.3 is 36.2 Å². The molecule has 3 aliphatic rings. The monoisotopic (exact) mass is 846 g/mol. The number of Topliss-reactive ketones (excluding diaryl/α,β-unsaturated/α-hetero) is 4. The van der Waals surface area contributed by atoms with Crippen molar-refractivity contribution in [3.63, 3.8) is 0 Å². The average molecular weight is 847 g/mol. The SMILES string of the molecule is CC(=O)N[C@@H](CSC1=C2NC(=O)C(C)=C/C=C\C=C/[C@H](C)[C@@H](O)CC(=O)/C(C)=C\C[C@H](O)/C=C\[C@H](C)[C@H](O)[C@@H](C)C=C(C)C(=O)c3c(O)c(C)cc(c3C1=O)C2=O)C(=O)O. The first kappa shape index (κ1) is 48.9. The second-order valence-corrected chi connectivity index (χ2v) is 16.2. The molecule has 7 atom stereocenters. The standard InChI is InChI=1S/C45H54N2O12S/c1-22-12-10-9-11-13-25(4)44(57)47-37-41(55)31-19-28(7)40(54)36(35(31)42(56)43(37)60-21-32(45(58)59)46-29(8)48)39(53)27(6)18-26(5)38(52)24(3)15-17-30(49)16-14-23(2)34(51)20-33(22)50/h9-15,17-19,22,24,26,30,32-33,38,49-50,52,54H,16,20-21H2,1-8H3,(H,46,48)(H,47,57)(H,58,59)/b11-9-,12-10-,17-15-,23-14-,25-13?,27-18?/t22-,24-,26-,30-,32-,33-,38-/m0/s1. The van der Waals surface area contributed by atoms with Crippen LogP contribution in [0.3, 0.4) is 0 Å². The van der Waals surface area contributed by atoms with Gasteiger partial charge in [-0.15, -0.1) is 11.8 Å². The number of rotatable bonds is 5. The highest BCUT2D eigenvalue weighted by Crippen LogP contribution is 2.40. The Morgan fingerprint density at radius 1 is 0.833 bits per heavy atom. The molecule has 0 saturated carbocycles. The molecule has 0 unspecified atom stereocenters. The van der Waals surface area contributed by atoms with Crippen molar-refractivity contribution >= 4 is 52.7 Å². The Morgan fingerprint density at radius 2 is 1.50 bits per heavy atom. The van der Waals surface area contributed by atoms with Crippen molar-refractivity contribution in [2.24, 2.45) is 17.8 Å². The first-order valence-electron chi connectivity index (χ1n) is 19.4. The zero-order valence-electron chi connectivity index (χ0n) is 34.9. The fourth-order valence-corrected chi connectivity index (χ4v) is 7.43. The smallest absolute Gasteiger partial charge is 0.327 e. The third-order valence-electron chi connectivity index (χ3n) is 10.2. The number of carboxylic acid groups (broad SMARTS) is 1. The molecule has 0 aromatic heterocycles. The molecule has 0 saturated heterocycles. The lowest BCUT2D eigenvalue weighted by Gasteiger charge is -2.25. The van der Waals surface area contributed by atoms with E-state index in [1.807, 2.05) is 0 Å². The van der Waals surface area contributed by atoms with Gasteiger partial charge in [-0.1, -0.05) is 75.5 Å². The van der Waals surface area contributed by atoms with Gasteiger partial charge >= 0.3 is 5.97 Å². The van der Waals surface area contributed by atoms with Crippen LogP contribution in [0.5, 0.6) is 5.75 Å². The Kier molecular flexibility index (Phi) is 17.7. The fourth-order valence-electron chi connectivity index (χ4n) is 6.35. The fraction of sp³-hybridized carbons (Fsp3) is 0.400. The second kappa shape index (κ2) is 21.7. The molecule has 14 nitrogen and oxygen atoms in total. The van der Waals surface area contributed by atoms with E-state index in [1.165, 1.54) is 51.1 Å². The number of aliphatic carboxylic acids is 1. The number of thioether (sulfide) groups is 1. The van der Waals surface area contributed by atoms with Gasteiger partial charge in [0.15, 0.2) is 11.6 Å². The van der Waals surface area contributed by atoms with Crippen LogP contribution in [0.2, 0.25) is 0 Å². The number of fused-ring (bicyclic) bond motifs is 18. The van der Waals surface area contributed by atoms with Crippen LogP contribution in [0.25, 0.3) is 0 Å². The van der Waals surface area contributed by atoms with E-state index in [0.29, 0.717) is 17.3 Å². The number of aliphatic hydroxyl groups excluding tert-OH is 3. The van der Waals surface area contributed by atoms with Crippen LogP contribution in [0.4, 0.5) is 0 Å². The first-order chi connectivity index (χ1) is 28.1. The highest BCUT2D eigenvalue weighted by molar-refractivity contribution is 8.04. The summed E-state index contributed by atoms with van der Waals surface area (Å²) in [5.74, 6) is -8.66. The van der Waals surface area contributed by atoms with Crippen LogP contribution in [0, 0.1) is 24.7 Å². The summed E-state index contributed by atoms with van der Waals surface area (Å²) < 4.78 is 0. The summed E-state index contributed by atoms with van der Waals surface area (Å²) in [6, 6.07) is -0.311. The number of nitrogens with one attached hydrogen (secondary N) is 2. The summed E-state index contributed by atoms with van der Waals surface area (Å²) in [6.45, 7) is 12.0. The van der Waals surface area contributed by atoms with E-state index in [9.17, 15) is 59.1 Å². The molecular formula is C45H54N2O12S. The molecule has 2 heterocycles. The van der Waals surface area contributed by atoms with Crippen molar-refractivity contribution in [1.82, 2.24) is 10.6 Å². The summed E-state index contributed by atoms with van der Waals surface area (Å²) in [5, 5.41) is 58.2. The van der Waals surface area contributed by atoms with E-state index in [1.54, 1.807) is 58.1 Å². The van der Waals surface area contributed by atoms with Crippen molar-refractivity contribution in [1.29, 1.82) is 0 Å². The van der Waals surface area contributed by atoms with Crippen molar-refractivity contribution in [2.75, 3.05) is 5.75 Å². The zero-order chi connectivity index (χ0) is 45.2. The highest BCUT2D eigenvalue weighted by atomic mass is 32.2. The minimum Gasteiger partial charge on any atom is -0.507 e. The summed E-state index contributed by atoms with van der Waals surface area (Å²) in [7, 11) is 0. The number of aryl methyl sites for hydroxylation is 1. The van der Waals surface area contributed by atoms with Crippen LogP contribution in [0.1, 0.15) is 97.9 Å². The van der Waals surface area contributed by atoms with Crippen LogP contribution >= 0.6 is 11.8 Å². The minimum absolute atomic E-state index is 0.00686. The predicted octanol–water partition coefficient (Wildman–Crippen LogP) is 4.77. The van der Waals surface area contributed by atoms with Gasteiger partial charge in [-0.3, -0.25) is 28.8 Å². The number of aromatic hydroxyl groups is 1. The molecule has 2 aliphatic heterocycles. The van der Waals surface area contributed by atoms with Crippen LogP contribution < -0.4 is 10.6 Å². The quantitative estimate of drug-likeness (QED) is 0.198. The van der Waals surface area contributed by atoms with Gasteiger partial charge in [0, 0.05) is 53.6 Å². The largest absolute Gasteiger partial charge is 0.507 e. The van der Waals surface area contributed by atoms with E-state index in [4.69, 9.17) is 0 Å². The summed E-state index contributed by atoms with van der Waals surface area (Å²) in [6.07, 6.45) is 10.7. The number of amides is 2. The molecule has 1 aliphatic carbocycles. The number of carboxylic acids is 1. The van der Waals surface area contributed by atoms with Crippen LogP contribution in [0.15, 0.2) is 88.1 Å². The maximum atomic E-state index is 14.5. The van der Waals surface area contributed by atoms with E-state index in [2.05, 4.69) is 10.6 Å². The lowest BCUT2D eigenvalue weighted by atomic mass is 9.83. The third kappa shape index (κ3) is 12.5. The predicted molar refractivity (Wildman–Crippen MR) is 227 cm³/mol. The number of carbonyl (C=O) groups excluding carboxylic acids is 6. The number of aliphatic hydroxyl groups is 3. The maximum absolute atomic E-state index is 14.5. The number of phenolic OH excluding ortho intramolecular Hbond substituents is 1. The van der Waals surface area contributed by atoms with Crippen molar-refractivity contribution in [2.45, 2.75) is 92.6 Å². The van der Waals surface area contributed by atoms with Gasteiger partial charge in [-0.25, -0.2) is 4.79 Å². The van der Waals surface area contributed by atoms with Gasteiger partial charge in [0.1, 0.15) is 17.5 Å². The van der Waals surface area contributed by atoms with E-state index >= 15 is 0 Å². The zero-order valence-corrected chi connectivity index (χ0v) is 35.8. The number of ketones is 4. The van der Waals surface area contributed by atoms with Gasteiger partial charge in [-0.2, -0.15) is 0 Å². The molecule has 15 heteroatoms. The van der Waals surface area contributed by atoms with Crippen LogP contribution in [-0.2, 0) is 19.2 Å². The number of carbonyl (C=O) groups is 7. The third-order valence-corrected chi connectivity index (χ3v) is 11.4. The molecule has 7 N–H and O–H groups in total. The van der Waals surface area contributed by atoms with E-state index in [0.717, 1.165) is 6.92 Å². The van der Waals surface area contributed by atoms with Gasteiger partial charge in [-0.05, 0) is 56.9 Å².